The van der Waals surface area contributed by atoms with E-state index >= 15 is 0 Å². The van der Waals surface area contributed by atoms with Crippen LogP contribution >= 0.6 is 11.6 Å². The SMILES string of the molecule is NC(c1cc2c(cc1Cl)NC(=O)C2)C1COCCO1. The first-order valence-corrected chi connectivity index (χ1v) is 6.60. The second-order valence-corrected chi connectivity index (χ2v) is 5.17. The van der Waals surface area contributed by atoms with Gasteiger partial charge in [0.15, 0.2) is 0 Å². The first kappa shape index (κ1) is 12.9. The predicted octanol–water partition coefficient (Wildman–Crippen LogP) is 1.25. The van der Waals surface area contributed by atoms with Gasteiger partial charge in [0, 0.05) is 10.7 Å². The molecule has 102 valence electrons. The number of nitrogens with two attached hydrogens (primary N) is 1. The fourth-order valence-corrected chi connectivity index (χ4v) is 2.73. The molecule has 1 aromatic rings. The first-order chi connectivity index (χ1) is 9.15. The average Bonchev–Trinajstić information content (AvgIpc) is 2.77. The van der Waals surface area contributed by atoms with Crippen molar-refractivity contribution >= 4 is 23.2 Å². The van der Waals surface area contributed by atoms with Crippen LogP contribution in [0.1, 0.15) is 17.2 Å². The zero-order valence-corrected chi connectivity index (χ0v) is 11.1. The molecular formula is C13H15ClN2O3. The quantitative estimate of drug-likeness (QED) is 0.856. The van der Waals surface area contributed by atoms with Crippen LogP contribution in [0, 0.1) is 0 Å². The highest BCUT2D eigenvalue weighted by Gasteiger charge is 2.27. The zero-order chi connectivity index (χ0) is 13.4. The van der Waals surface area contributed by atoms with Crippen LogP contribution in [0.25, 0.3) is 0 Å². The van der Waals surface area contributed by atoms with Crippen molar-refractivity contribution in [3.63, 3.8) is 0 Å². The minimum Gasteiger partial charge on any atom is -0.376 e. The number of carbonyl (C=O) groups excluding carboxylic acids is 1. The van der Waals surface area contributed by atoms with E-state index in [-0.39, 0.29) is 18.1 Å². The van der Waals surface area contributed by atoms with Gasteiger partial charge in [-0.1, -0.05) is 17.7 Å². The fourth-order valence-electron chi connectivity index (χ4n) is 2.44. The molecule has 0 radical (unpaired) electrons. The second kappa shape index (κ2) is 5.09. The Morgan fingerprint density at radius 1 is 1.42 bits per heavy atom. The summed E-state index contributed by atoms with van der Waals surface area (Å²) in [5.74, 6) is -0.0194. The largest absolute Gasteiger partial charge is 0.376 e. The molecule has 2 atom stereocenters. The van der Waals surface area contributed by atoms with E-state index < -0.39 is 0 Å². The molecule has 1 fully saturated rings. The third-order valence-electron chi connectivity index (χ3n) is 3.45. The van der Waals surface area contributed by atoms with Crippen LogP contribution in [0.4, 0.5) is 5.69 Å². The van der Waals surface area contributed by atoms with Crippen molar-refractivity contribution in [3.8, 4) is 0 Å². The fraction of sp³-hybridized carbons (Fsp3) is 0.462. The minimum atomic E-state index is -0.353. The molecule has 1 amide bonds. The van der Waals surface area contributed by atoms with E-state index in [0.717, 1.165) is 16.8 Å². The number of rotatable bonds is 2. The van der Waals surface area contributed by atoms with E-state index in [4.69, 9.17) is 26.8 Å². The molecule has 0 bridgehead atoms. The Hall–Kier alpha value is -1.14. The molecule has 19 heavy (non-hydrogen) atoms. The molecule has 1 saturated heterocycles. The van der Waals surface area contributed by atoms with Crippen LogP contribution < -0.4 is 11.1 Å². The number of anilines is 1. The molecular weight excluding hydrogens is 268 g/mol. The molecule has 6 heteroatoms. The maximum Gasteiger partial charge on any atom is 0.228 e. The van der Waals surface area contributed by atoms with Crippen molar-refractivity contribution in [2.45, 2.75) is 18.6 Å². The van der Waals surface area contributed by atoms with Gasteiger partial charge >= 0.3 is 0 Å². The van der Waals surface area contributed by atoms with Crippen LogP contribution in [-0.2, 0) is 20.7 Å². The number of hydrogen-bond acceptors (Lipinski definition) is 4. The maximum atomic E-state index is 11.4. The van der Waals surface area contributed by atoms with Gasteiger partial charge in [-0.15, -0.1) is 0 Å². The molecule has 0 spiro atoms. The summed E-state index contributed by atoms with van der Waals surface area (Å²) in [6, 6.07) is 3.28. The number of nitrogens with one attached hydrogen (secondary N) is 1. The summed E-state index contributed by atoms with van der Waals surface area (Å²) in [4.78, 5) is 11.4. The van der Waals surface area contributed by atoms with Gasteiger partial charge in [-0.3, -0.25) is 4.79 Å². The van der Waals surface area contributed by atoms with Crippen molar-refractivity contribution in [1.82, 2.24) is 0 Å². The van der Waals surface area contributed by atoms with E-state index in [1.54, 1.807) is 6.07 Å². The maximum absolute atomic E-state index is 11.4. The van der Waals surface area contributed by atoms with Crippen LogP contribution in [0.3, 0.4) is 0 Å². The number of hydrogen-bond donors (Lipinski definition) is 2. The van der Waals surface area contributed by atoms with Crippen molar-refractivity contribution in [2.75, 3.05) is 25.1 Å². The molecule has 2 aliphatic rings. The lowest BCUT2D eigenvalue weighted by atomic mass is 9.98. The zero-order valence-electron chi connectivity index (χ0n) is 10.3. The number of fused-ring (bicyclic) bond motifs is 1. The smallest absolute Gasteiger partial charge is 0.228 e. The monoisotopic (exact) mass is 282 g/mol. The standard InChI is InChI=1S/C13H15ClN2O3/c14-9-5-10-7(4-12(17)16-10)3-8(9)13(15)11-6-18-1-2-19-11/h3,5,11,13H,1-2,4,6,15H2,(H,16,17). The van der Waals surface area contributed by atoms with Gasteiger partial charge in [-0.25, -0.2) is 0 Å². The van der Waals surface area contributed by atoms with Gasteiger partial charge in [-0.2, -0.15) is 0 Å². The molecule has 5 nitrogen and oxygen atoms in total. The lowest BCUT2D eigenvalue weighted by molar-refractivity contribution is -0.115. The average molecular weight is 283 g/mol. The summed E-state index contributed by atoms with van der Waals surface area (Å²) in [5.41, 5.74) is 8.70. The van der Waals surface area contributed by atoms with E-state index in [1.165, 1.54) is 0 Å². The molecule has 2 heterocycles. The molecule has 0 aromatic heterocycles. The summed E-state index contributed by atoms with van der Waals surface area (Å²) >= 11 is 6.24. The number of benzene rings is 1. The van der Waals surface area contributed by atoms with Gasteiger partial charge < -0.3 is 20.5 Å². The lowest BCUT2D eigenvalue weighted by Gasteiger charge is -2.29. The van der Waals surface area contributed by atoms with Gasteiger partial charge in [0.1, 0.15) is 6.10 Å². The van der Waals surface area contributed by atoms with E-state index in [9.17, 15) is 4.79 Å². The van der Waals surface area contributed by atoms with Gasteiger partial charge in [-0.05, 0) is 17.2 Å². The highest BCUT2D eigenvalue weighted by molar-refractivity contribution is 6.32. The topological polar surface area (TPSA) is 73.6 Å². The molecule has 0 aliphatic carbocycles. The summed E-state index contributed by atoms with van der Waals surface area (Å²) in [5, 5.41) is 3.31. The Balaban J connectivity index is 1.88. The van der Waals surface area contributed by atoms with Crippen LogP contribution in [-0.4, -0.2) is 31.8 Å². The third-order valence-corrected chi connectivity index (χ3v) is 3.78. The summed E-state index contributed by atoms with van der Waals surface area (Å²) in [6.45, 7) is 1.60. The van der Waals surface area contributed by atoms with Gasteiger partial charge in [0.25, 0.3) is 0 Å². The Kier molecular flexibility index (Phi) is 3.45. The second-order valence-electron chi connectivity index (χ2n) is 4.77. The number of ether oxygens (including phenoxy) is 2. The number of carbonyl (C=O) groups is 1. The van der Waals surface area contributed by atoms with Crippen molar-refractivity contribution in [2.24, 2.45) is 5.73 Å². The number of amides is 1. The molecule has 1 aromatic carbocycles. The Morgan fingerprint density at radius 3 is 3.00 bits per heavy atom. The summed E-state index contributed by atoms with van der Waals surface area (Å²) < 4.78 is 11.0. The summed E-state index contributed by atoms with van der Waals surface area (Å²) in [6.07, 6.45) is 0.170. The van der Waals surface area contributed by atoms with E-state index in [2.05, 4.69) is 5.32 Å². The van der Waals surface area contributed by atoms with E-state index in [0.29, 0.717) is 31.3 Å². The molecule has 3 rings (SSSR count). The molecule has 3 N–H and O–H groups in total. The first-order valence-electron chi connectivity index (χ1n) is 6.22. The molecule has 2 unspecified atom stereocenters. The Labute approximate surface area is 116 Å². The van der Waals surface area contributed by atoms with Crippen molar-refractivity contribution < 1.29 is 14.3 Å². The predicted molar refractivity (Wildman–Crippen MR) is 71.3 cm³/mol. The number of halogens is 1. The minimum absolute atomic E-state index is 0.0194. The van der Waals surface area contributed by atoms with E-state index in [1.807, 2.05) is 6.07 Å². The molecule has 0 saturated carbocycles. The van der Waals surface area contributed by atoms with Gasteiger partial charge in [0.2, 0.25) is 5.91 Å². The lowest BCUT2D eigenvalue weighted by Crippen LogP contribution is -2.38. The molecule has 2 aliphatic heterocycles. The van der Waals surface area contributed by atoms with Gasteiger partial charge in [0.05, 0.1) is 32.3 Å². The third kappa shape index (κ3) is 2.47. The highest BCUT2D eigenvalue weighted by atomic mass is 35.5. The van der Waals surface area contributed by atoms with Crippen molar-refractivity contribution in [1.29, 1.82) is 0 Å². The van der Waals surface area contributed by atoms with Crippen LogP contribution in [0.5, 0.6) is 0 Å². The summed E-state index contributed by atoms with van der Waals surface area (Å²) in [7, 11) is 0. The Morgan fingerprint density at radius 2 is 2.26 bits per heavy atom. The van der Waals surface area contributed by atoms with Crippen LogP contribution in [0.15, 0.2) is 12.1 Å². The van der Waals surface area contributed by atoms with Crippen LogP contribution in [0.2, 0.25) is 5.02 Å². The Bertz CT molecular complexity index is 515. The van der Waals surface area contributed by atoms with Crippen molar-refractivity contribution in [3.05, 3.63) is 28.3 Å². The highest BCUT2D eigenvalue weighted by Crippen LogP contribution is 2.34. The normalized spacial score (nSPS) is 23.9.